The zero-order chi connectivity index (χ0) is 17.7. The molecule has 2 aliphatic heterocycles. The summed E-state index contributed by atoms with van der Waals surface area (Å²) in [4.78, 5) is 22.3. The van der Waals surface area contributed by atoms with Gasteiger partial charge in [0.05, 0.1) is 0 Å². The second kappa shape index (κ2) is 5.85. The number of hydrogen-bond acceptors (Lipinski definition) is 3. The fourth-order valence-corrected chi connectivity index (χ4v) is 3.86. The number of aromatic amines is 1. The maximum absolute atomic E-state index is 12.1. The topological polar surface area (TPSA) is 66.0 Å². The van der Waals surface area contributed by atoms with Crippen molar-refractivity contribution in [1.82, 2.24) is 24.8 Å². The lowest BCUT2D eigenvalue weighted by molar-refractivity contribution is 0.0928. The van der Waals surface area contributed by atoms with Crippen LogP contribution >= 0.6 is 0 Å². The number of nitrogens with one attached hydrogen (secondary N) is 2. The molecular formula is C20H21N5O. The lowest BCUT2D eigenvalue weighted by Crippen LogP contribution is -2.34. The van der Waals surface area contributed by atoms with E-state index >= 15 is 0 Å². The van der Waals surface area contributed by atoms with Crippen LogP contribution in [-0.2, 0) is 6.54 Å². The highest BCUT2D eigenvalue weighted by atomic mass is 16.2. The van der Waals surface area contributed by atoms with Crippen molar-refractivity contribution < 1.29 is 4.79 Å². The predicted octanol–water partition coefficient (Wildman–Crippen LogP) is 2.49. The van der Waals surface area contributed by atoms with Gasteiger partial charge in [0.2, 0.25) is 0 Å². The molecule has 2 aliphatic rings. The molecule has 5 rings (SSSR count). The molecular weight excluding hydrogens is 326 g/mol. The number of fused-ring (bicyclic) bond motifs is 2. The molecule has 0 spiro atoms. The fourth-order valence-electron chi connectivity index (χ4n) is 3.86. The summed E-state index contributed by atoms with van der Waals surface area (Å²) in [6, 6.07) is 4.20. The number of nitrogens with zero attached hydrogens (tertiary/aromatic N) is 3. The summed E-state index contributed by atoms with van der Waals surface area (Å²) < 4.78 is 2.03. The zero-order valence-corrected chi connectivity index (χ0v) is 14.7. The lowest BCUT2D eigenvalue weighted by Gasteiger charge is -2.21. The molecule has 0 atom stereocenters. The number of pyridine rings is 1. The van der Waals surface area contributed by atoms with Crippen molar-refractivity contribution in [2.24, 2.45) is 0 Å². The summed E-state index contributed by atoms with van der Waals surface area (Å²) in [6.45, 7) is 3.55. The quantitative estimate of drug-likeness (QED) is 0.748. The maximum atomic E-state index is 12.1. The molecule has 0 aromatic carbocycles. The van der Waals surface area contributed by atoms with E-state index in [0.29, 0.717) is 6.54 Å². The average Bonchev–Trinajstić information content (AvgIpc) is 3.26. The summed E-state index contributed by atoms with van der Waals surface area (Å²) in [5.74, 6) is -0.00219. The number of hydrogen-bond donors (Lipinski definition) is 2. The molecule has 2 N–H and O–H groups in total. The Hall–Kier alpha value is -2.86. The third-order valence-corrected chi connectivity index (χ3v) is 5.39. The molecule has 0 saturated heterocycles. The Kier molecular flexibility index (Phi) is 3.46. The highest BCUT2D eigenvalue weighted by molar-refractivity contribution is 5.99. The number of carbonyl (C=O) groups is 1. The van der Waals surface area contributed by atoms with Gasteiger partial charge in [-0.25, -0.2) is 4.98 Å². The van der Waals surface area contributed by atoms with Crippen molar-refractivity contribution in [3.8, 4) is 11.1 Å². The number of carbonyl (C=O) groups excluding carboxylic acids is 1. The molecule has 5 heterocycles. The SMILES string of the molecule is CN1CC=C(c2cnc3[nH]cc(-c4cc5n(c4)CCNC5=O)c3c2)CC1. The molecule has 0 fully saturated rings. The molecule has 3 aromatic rings. The van der Waals surface area contributed by atoms with Crippen molar-refractivity contribution in [1.29, 1.82) is 0 Å². The smallest absolute Gasteiger partial charge is 0.267 e. The normalized spacial score (nSPS) is 17.9. The van der Waals surface area contributed by atoms with Gasteiger partial charge in [0.25, 0.3) is 5.91 Å². The monoisotopic (exact) mass is 347 g/mol. The van der Waals surface area contributed by atoms with Gasteiger partial charge in [0.15, 0.2) is 0 Å². The van der Waals surface area contributed by atoms with E-state index < -0.39 is 0 Å². The Labute approximate surface area is 151 Å². The van der Waals surface area contributed by atoms with Crippen LogP contribution in [0.15, 0.2) is 36.8 Å². The van der Waals surface area contributed by atoms with Gasteiger partial charge in [-0.3, -0.25) is 4.79 Å². The summed E-state index contributed by atoms with van der Waals surface area (Å²) in [5, 5.41) is 4.00. The van der Waals surface area contributed by atoms with E-state index in [2.05, 4.69) is 45.6 Å². The van der Waals surface area contributed by atoms with Gasteiger partial charge >= 0.3 is 0 Å². The summed E-state index contributed by atoms with van der Waals surface area (Å²) in [6.07, 6.45) is 9.35. The molecule has 0 unspecified atom stereocenters. The second-order valence-corrected chi connectivity index (χ2v) is 7.13. The van der Waals surface area contributed by atoms with Crippen LogP contribution in [0.5, 0.6) is 0 Å². The molecule has 1 amide bonds. The molecule has 26 heavy (non-hydrogen) atoms. The Balaban J connectivity index is 1.59. The standard InChI is InChI=1S/C20H21N5O/c1-24-5-2-13(3-6-24)14-8-16-17(11-23-19(16)22-10-14)15-9-18-20(26)21-4-7-25(18)12-15/h2,8-12H,3-7H2,1H3,(H,21,26)(H,22,23). The van der Waals surface area contributed by atoms with E-state index in [1.54, 1.807) is 0 Å². The Morgan fingerprint density at radius 2 is 2.12 bits per heavy atom. The van der Waals surface area contributed by atoms with Gasteiger partial charge in [-0.05, 0) is 36.7 Å². The zero-order valence-electron chi connectivity index (χ0n) is 14.7. The minimum Gasteiger partial charge on any atom is -0.349 e. The van der Waals surface area contributed by atoms with Gasteiger partial charge in [-0.2, -0.15) is 0 Å². The predicted molar refractivity (Wildman–Crippen MR) is 102 cm³/mol. The number of amides is 1. The maximum Gasteiger partial charge on any atom is 0.267 e. The fraction of sp³-hybridized carbons (Fsp3) is 0.300. The summed E-state index contributed by atoms with van der Waals surface area (Å²) in [5.41, 5.74) is 6.30. The molecule has 6 nitrogen and oxygen atoms in total. The molecule has 132 valence electrons. The van der Waals surface area contributed by atoms with E-state index in [4.69, 9.17) is 0 Å². The van der Waals surface area contributed by atoms with E-state index in [1.807, 2.05) is 23.0 Å². The highest BCUT2D eigenvalue weighted by Crippen LogP contribution is 2.32. The van der Waals surface area contributed by atoms with Gasteiger partial charge in [-0.15, -0.1) is 0 Å². The summed E-state index contributed by atoms with van der Waals surface area (Å²) >= 11 is 0. The van der Waals surface area contributed by atoms with Crippen LogP contribution in [0.3, 0.4) is 0 Å². The number of aromatic nitrogens is 3. The molecule has 0 aliphatic carbocycles. The first-order valence-corrected chi connectivity index (χ1v) is 9.03. The van der Waals surface area contributed by atoms with Gasteiger partial charge in [0, 0.05) is 61.3 Å². The molecule has 0 saturated carbocycles. The third-order valence-electron chi connectivity index (χ3n) is 5.39. The Bertz CT molecular complexity index is 1040. The Morgan fingerprint density at radius 1 is 1.19 bits per heavy atom. The largest absolute Gasteiger partial charge is 0.349 e. The molecule has 6 heteroatoms. The van der Waals surface area contributed by atoms with Crippen LogP contribution < -0.4 is 5.32 Å². The van der Waals surface area contributed by atoms with Gasteiger partial charge in [-0.1, -0.05) is 6.08 Å². The highest BCUT2D eigenvalue weighted by Gasteiger charge is 2.20. The third kappa shape index (κ3) is 2.45. The van der Waals surface area contributed by atoms with Crippen LogP contribution in [0.2, 0.25) is 0 Å². The average molecular weight is 347 g/mol. The van der Waals surface area contributed by atoms with Crippen molar-refractivity contribution in [2.75, 3.05) is 26.7 Å². The van der Waals surface area contributed by atoms with E-state index in [-0.39, 0.29) is 5.91 Å². The molecule has 0 radical (unpaired) electrons. The van der Waals surface area contributed by atoms with Crippen molar-refractivity contribution in [2.45, 2.75) is 13.0 Å². The van der Waals surface area contributed by atoms with E-state index in [0.717, 1.165) is 53.9 Å². The van der Waals surface area contributed by atoms with Crippen LogP contribution in [0, 0.1) is 0 Å². The minimum atomic E-state index is -0.00219. The van der Waals surface area contributed by atoms with Crippen molar-refractivity contribution >= 4 is 22.5 Å². The van der Waals surface area contributed by atoms with E-state index in [9.17, 15) is 4.79 Å². The Morgan fingerprint density at radius 3 is 2.92 bits per heavy atom. The van der Waals surface area contributed by atoms with Crippen molar-refractivity contribution in [3.63, 3.8) is 0 Å². The first kappa shape index (κ1) is 15.4. The number of likely N-dealkylation sites (N-methyl/N-ethyl adjacent to an activating group) is 1. The number of H-pyrrole nitrogens is 1. The van der Waals surface area contributed by atoms with Crippen LogP contribution in [0.25, 0.3) is 27.7 Å². The summed E-state index contributed by atoms with van der Waals surface area (Å²) in [7, 11) is 2.14. The van der Waals surface area contributed by atoms with Gasteiger partial charge in [0.1, 0.15) is 11.3 Å². The first-order valence-electron chi connectivity index (χ1n) is 9.03. The molecule has 0 bridgehead atoms. The van der Waals surface area contributed by atoms with Gasteiger partial charge < -0.3 is 19.8 Å². The van der Waals surface area contributed by atoms with E-state index in [1.165, 1.54) is 11.1 Å². The number of rotatable bonds is 2. The first-order chi connectivity index (χ1) is 12.7. The van der Waals surface area contributed by atoms with Crippen LogP contribution in [0.1, 0.15) is 22.5 Å². The lowest BCUT2D eigenvalue weighted by atomic mass is 9.99. The second-order valence-electron chi connectivity index (χ2n) is 7.13. The minimum absolute atomic E-state index is 0.00219. The van der Waals surface area contributed by atoms with Crippen LogP contribution in [0.4, 0.5) is 0 Å². The van der Waals surface area contributed by atoms with Crippen LogP contribution in [-0.4, -0.2) is 52.0 Å². The molecule has 3 aromatic heterocycles. The van der Waals surface area contributed by atoms with Crippen molar-refractivity contribution in [3.05, 3.63) is 48.1 Å².